The maximum Gasteiger partial charge on any atom is 0.159 e. The molecule has 0 amide bonds. The van der Waals surface area contributed by atoms with E-state index in [1.807, 2.05) is 26.0 Å². The Hall–Kier alpha value is -2.02. The van der Waals surface area contributed by atoms with Crippen molar-refractivity contribution in [2.24, 2.45) is 0 Å². The van der Waals surface area contributed by atoms with Gasteiger partial charge >= 0.3 is 0 Å². The van der Waals surface area contributed by atoms with Gasteiger partial charge in [0.05, 0.1) is 12.2 Å². The molecule has 0 radical (unpaired) electrons. The number of aliphatic hydroxyl groups is 2. The quantitative estimate of drug-likeness (QED) is 0.815. The summed E-state index contributed by atoms with van der Waals surface area (Å²) in [5.74, 6) is -1.10. The first-order valence-corrected chi connectivity index (χ1v) is 10.1. The van der Waals surface area contributed by atoms with Gasteiger partial charge in [-0.25, -0.2) is 8.78 Å². The Labute approximate surface area is 169 Å². The number of halogens is 2. The van der Waals surface area contributed by atoms with Gasteiger partial charge in [0.1, 0.15) is 11.4 Å². The molecule has 2 atom stereocenters. The van der Waals surface area contributed by atoms with Gasteiger partial charge in [-0.3, -0.25) is 0 Å². The zero-order valence-electron chi connectivity index (χ0n) is 16.8. The lowest BCUT2D eigenvalue weighted by molar-refractivity contribution is -0.0588. The lowest BCUT2D eigenvalue weighted by Crippen LogP contribution is -2.51. The smallest absolute Gasteiger partial charge is 0.159 e. The molecule has 2 unspecified atom stereocenters. The van der Waals surface area contributed by atoms with Crippen molar-refractivity contribution in [2.45, 2.75) is 50.9 Å². The molecule has 2 aromatic carbocycles. The highest BCUT2D eigenvalue weighted by Crippen LogP contribution is 2.45. The lowest BCUT2D eigenvalue weighted by Gasteiger charge is -2.46. The first-order chi connectivity index (χ1) is 13.8. The second kappa shape index (κ2) is 7.67. The first kappa shape index (κ1) is 20.3. The Morgan fingerprint density at radius 2 is 1.79 bits per heavy atom. The maximum atomic E-state index is 13.4. The van der Waals surface area contributed by atoms with Gasteiger partial charge in [-0.15, -0.1) is 0 Å². The molecule has 2 aliphatic rings. The molecule has 1 fully saturated rings. The molecule has 0 bridgehead atoms. The van der Waals surface area contributed by atoms with Crippen LogP contribution in [0.4, 0.5) is 8.78 Å². The van der Waals surface area contributed by atoms with Crippen molar-refractivity contribution in [1.29, 1.82) is 0 Å². The molecule has 2 aliphatic heterocycles. The number of rotatable bonds is 3. The molecule has 2 N–H and O–H groups in total. The van der Waals surface area contributed by atoms with E-state index in [0.29, 0.717) is 31.6 Å². The van der Waals surface area contributed by atoms with Gasteiger partial charge in [0.2, 0.25) is 0 Å². The third-order valence-corrected chi connectivity index (χ3v) is 6.40. The van der Waals surface area contributed by atoms with Crippen molar-refractivity contribution >= 4 is 0 Å². The summed E-state index contributed by atoms with van der Waals surface area (Å²) in [5.41, 5.74) is 3.10. The minimum Gasteiger partial charge on any atom is -0.487 e. The summed E-state index contributed by atoms with van der Waals surface area (Å²) in [6.45, 7) is 5.82. The summed E-state index contributed by atoms with van der Waals surface area (Å²) < 4.78 is 32.9. The van der Waals surface area contributed by atoms with Gasteiger partial charge in [0, 0.05) is 31.6 Å². The molecule has 4 nitrogen and oxygen atoms in total. The maximum absolute atomic E-state index is 13.4. The van der Waals surface area contributed by atoms with Crippen LogP contribution in [0.25, 0.3) is 0 Å². The molecule has 6 heteroatoms. The summed E-state index contributed by atoms with van der Waals surface area (Å²) in [7, 11) is 0. The highest BCUT2D eigenvalue weighted by atomic mass is 19.2. The number of benzene rings is 2. The fourth-order valence-electron chi connectivity index (χ4n) is 4.42. The lowest BCUT2D eigenvalue weighted by atomic mass is 9.81. The van der Waals surface area contributed by atoms with E-state index in [1.54, 1.807) is 0 Å². The Balaban J connectivity index is 1.41. The molecular weight excluding hydrogens is 376 g/mol. The minimum atomic E-state index is -0.951. The summed E-state index contributed by atoms with van der Waals surface area (Å²) in [6.07, 6.45) is 0.602. The monoisotopic (exact) mass is 403 g/mol. The third-order valence-electron chi connectivity index (χ3n) is 6.40. The number of likely N-dealkylation sites (tertiary alicyclic amines) is 1. The number of aryl methyl sites for hydroxylation is 2. The number of hydrogen-bond donors (Lipinski definition) is 2. The average molecular weight is 403 g/mol. The molecule has 0 aromatic heterocycles. The van der Waals surface area contributed by atoms with Gasteiger partial charge in [-0.2, -0.15) is 0 Å². The highest BCUT2D eigenvalue weighted by Gasteiger charge is 2.43. The molecule has 1 saturated heterocycles. The molecule has 1 spiro atoms. The summed E-state index contributed by atoms with van der Waals surface area (Å²) in [5, 5.41) is 21.1. The zero-order chi connectivity index (χ0) is 20.8. The van der Waals surface area contributed by atoms with E-state index in [2.05, 4.69) is 4.90 Å². The number of piperidine rings is 1. The van der Waals surface area contributed by atoms with Crippen LogP contribution < -0.4 is 4.74 Å². The van der Waals surface area contributed by atoms with Gasteiger partial charge in [-0.1, -0.05) is 6.07 Å². The fraction of sp³-hybridized carbons (Fsp3) is 0.478. The normalized spacial score (nSPS) is 22.2. The van der Waals surface area contributed by atoms with Crippen molar-refractivity contribution in [3.63, 3.8) is 0 Å². The molecule has 2 heterocycles. The van der Waals surface area contributed by atoms with Crippen LogP contribution in [-0.4, -0.2) is 40.3 Å². The molecule has 2 aromatic rings. The van der Waals surface area contributed by atoms with Gasteiger partial charge < -0.3 is 19.8 Å². The van der Waals surface area contributed by atoms with Crippen LogP contribution in [0.15, 0.2) is 30.3 Å². The molecule has 156 valence electrons. The summed E-state index contributed by atoms with van der Waals surface area (Å²) in [4.78, 5) is 2.10. The van der Waals surface area contributed by atoms with Gasteiger partial charge in [0.25, 0.3) is 0 Å². The number of nitrogens with zero attached hydrogens (tertiary/aromatic N) is 1. The van der Waals surface area contributed by atoms with Crippen LogP contribution in [0.5, 0.6) is 5.75 Å². The third kappa shape index (κ3) is 4.02. The van der Waals surface area contributed by atoms with E-state index in [1.165, 1.54) is 6.07 Å². The number of hydrogen-bond acceptors (Lipinski definition) is 4. The zero-order valence-corrected chi connectivity index (χ0v) is 16.8. The van der Waals surface area contributed by atoms with Crippen LogP contribution in [0.3, 0.4) is 0 Å². The Morgan fingerprint density at radius 1 is 1.10 bits per heavy atom. The highest BCUT2D eigenvalue weighted by molar-refractivity contribution is 5.45. The fourth-order valence-corrected chi connectivity index (χ4v) is 4.42. The van der Waals surface area contributed by atoms with Crippen LogP contribution in [0.2, 0.25) is 0 Å². The van der Waals surface area contributed by atoms with Crippen LogP contribution in [0.1, 0.15) is 53.7 Å². The standard InChI is InChI=1S/C23H27F2NO3/c1-14-9-17-20(27)12-23(29-22(17)10-15(14)2)5-7-26(8-6-23)13-21(28)16-3-4-18(24)19(25)11-16/h3-4,9-11,20-21,27-28H,5-8,12-13H2,1-2H3. The van der Waals surface area contributed by atoms with Crippen molar-refractivity contribution in [1.82, 2.24) is 4.90 Å². The van der Waals surface area contributed by atoms with E-state index in [9.17, 15) is 19.0 Å². The van der Waals surface area contributed by atoms with Crippen LogP contribution in [-0.2, 0) is 0 Å². The number of fused-ring (bicyclic) bond motifs is 1. The predicted molar refractivity (Wildman–Crippen MR) is 106 cm³/mol. The van der Waals surface area contributed by atoms with Crippen LogP contribution in [0, 0.1) is 25.5 Å². The van der Waals surface area contributed by atoms with Gasteiger partial charge in [-0.05, 0) is 67.6 Å². The molecule has 0 aliphatic carbocycles. The second-order valence-electron chi connectivity index (χ2n) is 8.47. The number of β-amino-alcohol motifs (C(OH)–C–C–N with tert-alkyl or cyclic N) is 1. The molecular formula is C23H27F2NO3. The van der Waals surface area contributed by atoms with Crippen LogP contribution >= 0.6 is 0 Å². The number of ether oxygens (including phenoxy) is 1. The van der Waals surface area contributed by atoms with E-state index < -0.39 is 29.4 Å². The predicted octanol–water partition coefficient (Wildman–Crippen LogP) is 3.97. The van der Waals surface area contributed by atoms with Crippen molar-refractivity contribution in [2.75, 3.05) is 19.6 Å². The van der Waals surface area contributed by atoms with E-state index in [0.717, 1.165) is 47.4 Å². The SMILES string of the molecule is Cc1cc2c(cc1C)C(O)CC1(CCN(CC(O)c3ccc(F)c(F)c3)CC1)O2. The topological polar surface area (TPSA) is 52.9 Å². The first-order valence-electron chi connectivity index (χ1n) is 10.1. The Morgan fingerprint density at radius 3 is 2.48 bits per heavy atom. The Kier molecular flexibility index (Phi) is 5.36. The van der Waals surface area contributed by atoms with Crippen molar-refractivity contribution in [3.8, 4) is 5.75 Å². The van der Waals surface area contributed by atoms with Crippen molar-refractivity contribution < 1.29 is 23.7 Å². The van der Waals surface area contributed by atoms with E-state index in [-0.39, 0.29) is 0 Å². The molecule has 0 saturated carbocycles. The summed E-state index contributed by atoms with van der Waals surface area (Å²) in [6, 6.07) is 7.52. The number of aliphatic hydroxyl groups excluding tert-OH is 2. The molecule has 4 rings (SSSR count). The largest absolute Gasteiger partial charge is 0.487 e. The minimum absolute atomic E-state index is 0.346. The Bertz CT molecular complexity index is 909. The van der Waals surface area contributed by atoms with Gasteiger partial charge in [0.15, 0.2) is 11.6 Å². The van der Waals surface area contributed by atoms with E-state index in [4.69, 9.17) is 4.74 Å². The van der Waals surface area contributed by atoms with E-state index >= 15 is 0 Å². The van der Waals surface area contributed by atoms with Crippen molar-refractivity contribution in [3.05, 3.63) is 64.2 Å². The second-order valence-corrected chi connectivity index (χ2v) is 8.47. The molecule has 29 heavy (non-hydrogen) atoms. The summed E-state index contributed by atoms with van der Waals surface area (Å²) >= 11 is 0. The average Bonchev–Trinajstić information content (AvgIpc) is 2.68.